The van der Waals surface area contributed by atoms with Gasteiger partial charge in [-0.2, -0.15) is 0 Å². The van der Waals surface area contributed by atoms with Gasteiger partial charge in [-0.1, -0.05) is 0 Å². The van der Waals surface area contributed by atoms with Crippen molar-refractivity contribution >= 4 is 0 Å². The summed E-state index contributed by atoms with van der Waals surface area (Å²) in [5.74, 6) is 0. The molecule has 0 saturated carbocycles. The number of hydrogen-bond donors (Lipinski definition) is 17. The second kappa shape index (κ2) is 24.8. The third-order valence-corrected chi connectivity index (χ3v) is 13.9. The van der Waals surface area contributed by atoms with Gasteiger partial charge in [-0.15, -0.1) is 0 Å². The van der Waals surface area contributed by atoms with Crippen LogP contribution in [0.25, 0.3) is 0 Å². The Morgan fingerprint density at radius 3 is 0.863 bits per heavy atom. The van der Waals surface area contributed by atoms with Crippen LogP contribution in [0, 0.1) is 0 Å². The van der Waals surface area contributed by atoms with Crippen LogP contribution in [-0.2, 0) is 68.1 Å². The molecule has 30 atom stereocenters. The van der Waals surface area contributed by atoms with E-state index in [1.165, 1.54) is 12.5 Å². The van der Waals surface area contributed by atoms with Crippen LogP contribution in [0.1, 0.15) is 0 Å². The Morgan fingerprint density at radius 1 is 0.342 bits per heavy atom. The topological polar surface area (TPSA) is 482 Å². The molecular formula is C41H66N2O30. The van der Waals surface area contributed by atoms with Crippen molar-refractivity contribution in [2.45, 2.75) is 191 Å². The van der Waals surface area contributed by atoms with E-state index in [0.29, 0.717) is 0 Å². The summed E-state index contributed by atoms with van der Waals surface area (Å²) in [6, 6.07) is 0. The molecular weight excluding hydrogens is 1000 g/mol. The number of aliphatic hydroxyl groups is 17. The summed E-state index contributed by atoms with van der Waals surface area (Å²) in [7, 11) is 0. The first-order chi connectivity index (χ1) is 35.0. The van der Waals surface area contributed by atoms with Crippen LogP contribution >= 0.6 is 0 Å². The van der Waals surface area contributed by atoms with E-state index in [1.807, 2.05) is 0 Å². The van der Waals surface area contributed by atoms with Crippen molar-refractivity contribution in [2.75, 3.05) is 46.2 Å². The summed E-state index contributed by atoms with van der Waals surface area (Å²) in [6.07, 6.45) is -52.8. The summed E-state index contributed by atoms with van der Waals surface area (Å²) in [5.41, 5.74) is 0. The molecule has 17 N–H and O–H groups in total. The molecule has 0 amide bonds. The van der Waals surface area contributed by atoms with Gasteiger partial charge in [-0.3, -0.25) is 0 Å². The largest absolute Gasteiger partial charge is 0.394 e. The number of aliphatic hydroxyl groups excluding tert-OH is 17. The summed E-state index contributed by atoms with van der Waals surface area (Å²) >= 11 is 0. The molecule has 0 unspecified atom stereocenters. The molecule has 23 rings (SSSR count). The minimum Gasteiger partial charge on any atom is -0.394 e. The van der Waals surface area contributed by atoms with Crippen molar-refractivity contribution in [1.82, 2.24) is 9.55 Å². The van der Waals surface area contributed by atoms with Gasteiger partial charge >= 0.3 is 0 Å². The van der Waals surface area contributed by atoms with E-state index in [9.17, 15) is 86.8 Å². The molecule has 23 heterocycles. The Balaban J connectivity index is 1.11. The molecule has 32 heteroatoms. The molecule has 12 bridgehead atoms. The summed E-state index contributed by atoms with van der Waals surface area (Å²) in [5, 5.41) is 188. The Hall–Kier alpha value is -1.99. The van der Waals surface area contributed by atoms with Crippen molar-refractivity contribution in [3.05, 3.63) is 18.7 Å². The Morgan fingerprint density at radius 2 is 0.603 bits per heavy atom. The highest BCUT2D eigenvalue weighted by Gasteiger charge is 2.59. The average molecular weight is 1070 g/mol. The van der Waals surface area contributed by atoms with Crippen LogP contribution in [0.3, 0.4) is 0 Å². The standard InChI is InChI=1S/C41H66N2O30/c44-5-12-29-18(50)23(55)36(62-12)69-30-13(6-45)64-38(25(57)20(30)52)71-32-15(8-47)66-40(27(59)22(32)54)73-34-17(10-49)67-41(28(60)35(34)61-4-3-43-2-1-42-11-43)72-33-16(9-48)65-39(26(58)21(33)53)70-31-14(7-46)63-37(68-29)24(56)19(31)51/h1-2,11-41,44-60H,3-10H2/t12-,13-,14-,15-,16-,17-,18-,19-,20-,21-,22-,23-,24-,25-,26-,27-,28-,29-,30-,31-,32-,33-,34+,35-,36-,37-,38-,39-,40-,41-/m1/s1. The Labute approximate surface area is 413 Å². The van der Waals surface area contributed by atoms with E-state index >= 15 is 0 Å². The maximum absolute atomic E-state index is 11.9. The number of aromatic nitrogens is 2. The molecule has 0 aliphatic carbocycles. The van der Waals surface area contributed by atoms with Crippen LogP contribution < -0.4 is 0 Å². The van der Waals surface area contributed by atoms with Gasteiger partial charge in [0.25, 0.3) is 0 Å². The molecule has 73 heavy (non-hydrogen) atoms. The number of hydrogen-bond acceptors (Lipinski definition) is 31. The predicted octanol–water partition coefficient (Wildman–Crippen LogP) is -12.1. The van der Waals surface area contributed by atoms with Crippen molar-refractivity contribution < 1.29 is 148 Å². The molecule has 0 spiro atoms. The van der Waals surface area contributed by atoms with E-state index in [0.717, 1.165) is 0 Å². The zero-order chi connectivity index (χ0) is 52.6. The smallest absolute Gasteiger partial charge is 0.187 e. The van der Waals surface area contributed by atoms with Gasteiger partial charge in [0, 0.05) is 18.9 Å². The van der Waals surface area contributed by atoms with Crippen molar-refractivity contribution in [2.24, 2.45) is 0 Å². The van der Waals surface area contributed by atoms with Gasteiger partial charge in [0.15, 0.2) is 37.7 Å². The minimum atomic E-state index is -2.15. The fourth-order valence-corrected chi connectivity index (χ4v) is 9.82. The lowest BCUT2D eigenvalue weighted by molar-refractivity contribution is -0.405. The van der Waals surface area contributed by atoms with Crippen LogP contribution in [0.2, 0.25) is 0 Å². The SMILES string of the molecule is OC[C@H]1O[C@@H]2O[C@H]3[C@H](O)[C@@H](O)[C@@H](O[C@H]4[C@H](O)[C@@H](O)[C@@H](O[C@H]5[C@H](O)[C@@H](O)[C@@H](O[C@H]6[C@H](O)[C@@H](O)[C@@H](O[C@H]7[C@H](O)[C@@H](O)[C@@H](O[C@@H]1[C@H](OCCn1ccnc1)[C@H]2O)O[C@@H]7CO)O[C@@H]6CO)O[C@@H]5CO)O[C@@H]4CO)O[C@@H]3CO. The molecule has 1 aromatic rings. The van der Waals surface area contributed by atoms with Crippen LogP contribution in [0.5, 0.6) is 0 Å². The number of rotatable bonds is 10. The van der Waals surface area contributed by atoms with Gasteiger partial charge in [0.05, 0.1) is 52.6 Å². The van der Waals surface area contributed by atoms with Crippen molar-refractivity contribution in [3.63, 3.8) is 0 Å². The van der Waals surface area contributed by atoms with Crippen molar-refractivity contribution in [1.29, 1.82) is 0 Å². The maximum Gasteiger partial charge on any atom is 0.187 e. The lowest BCUT2D eigenvalue weighted by Gasteiger charge is -2.51. The zero-order valence-corrected chi connectivity index (χ0v) is 38.5. The molecule has 0 aromatic carbocycles. The quantitative estimate of drug-likeness (QED) is 0.103. The van der Waals surface area contributed by atoms with Gasteiger partial charge < -0.3 is 153 Å². The predicted molar refractivity (Wildman–Crippen MR) is 222 cm³/mol. The Bertz CT molecular complexity index is 1820. The molecule has 32 nitrogen and oxygen atoms in total. The molecule has 420 valence electrons. The average Bonchev–Trinajstić information content (AvgIpc) is 3.91. The van der Waals surface area contributed by atoms with Crippen LogP contribution in [-0.4, -0.2) is 327 Å². The molecule has 1 aromatic heterocycles. The fraction of sp³-hybridized carbons (Fsp3) is 0.927. The highest BCUT2D eigenvalue weighted by Crippen LogP contribution is 2.38. The minimum absolute atomic E-state index is 0.120. The first-order valence-electron chi connectivity index (χ1n) is 23.6. The zero-order valence-electron chi connectivity index (χ0n) is 38.5. The molecule has 22 aliphatic rings. The van der Waals surface area contributed by atoms with Gasteiger partial charge in [-0.25, -0.2) is 4.98 Å². The molecule has 0 radical (unpaired) electrons. The lowest BCUT2D eigenvalue weighted by Crippen LogP contribution is -2.69. The highest BCUT2D eigenvalue weighted by atomic mass is 16.8. The monoisotopic (exact) mass is 1070 g/mol. The van der Waals surface area contributed by atoms with Gasteiger partial charge in [-0.05, 0) is 0 Å². The van der Waals surface area contributed by atoms with Gasteiger partial charge in [0.2, 0.25) is 0 Å². The second-order valence-electron chi connectivity index (χ2n) is 18.5. The maximum atomic E-state index is 11.9. The van der Waals surface area contributed by atoms with Crippen molar-refractivity contribution in [3.8, 4) is 0 Å². The lowest BCUT2D eigenvalue weighted by atomic mass is 9.94. The van der Waals surface area contributed by atoms with E-state index in [2.05, 4.69) is 4.98 Å². The number of imidazole rings is 1. The van der Waals surface area contributed by atoms with E-state index in [-0.39, 0.29) is 13.2 Å². The first kappa shape index (κ1) is 57.2. The van der Waals surface area contributed by atoms with E-state index in [4.69, 9.17) is 61.6 Å². The summed E-state index contributed by atoms with van der Waals surface area (Å²) in [6.45, 7) is -5.98. The van der Waals surface area contributed by atoms with E-state index in [1.54, 1.807) is 10.8 Å². The van der Waals surface area contributed by atoms with Gasteiger partial charge in [0.1, 0.15) is 146 Å². The second-order valence-corrected chi connectivity index (χ2v) is 18.5. The third-order valence-electron chi connectivity index (χ3n) is 13.9. The number of ether oxygens (including phenoxy) is 13. The molecule has 22 saturated heterocycles. The Kier molecular flexibility index (Phi) is 19.4. The van der Waals surface area contributed by atoms with Crippen LogP contribution in [0.4, 0.5) is 0 Å². The summed E-state index contributed by atoms with van der Waals surface area (Å²) < 4.78 is 77.3. The fourth-order valence-electron chi connectivity index (χ4n) is 9.82. The molecule has 22 aliphatic heterocycles. The first-order valence-corrected chi connectivity index (χ1v) is 23.6. The van der Waals surface area contributed by atoms with Crippen LogP contribution in [0.15, 0.2) is 18.7 Å². The van der Waals surface area contributed by atoms with E-state index < -0.39 is 224 Å². The molecule has 22 fully saturated rings. The third kappa shape index (κ3) is 11.6. The number of nitrogens with zero attached hydrogens (tertiary/aromatic N) is 2. The normalized spacial score (nSPS) is 51.2. The summed E-state index contributed by atoms with van der Waals surface area (Å²) in [4.78, 5) is 3.96. The highest BCUT2D eigenvalue weighted by molar-refractivity contribution is 5.01.